The summed E-state index contributed by atoms with van der Waals surface area (Å²) in [5.74, 6) is 0.502. The van der Waals surface area contributed by atoms with Gasteiger partial charge < -0.3 is 11.5 Å². The predicted octanol–water partition coefficient (Wildman–Crippen LogP) is 2.31. The van der Waals surface area contributed by atoms with E-state index in [-0.39, 0.29) is 6.04 Å². The molecule has 2 unspecified atom stereocenters. The van der Waals surface area contributed by atoms with Gasteiger partial charge in [0.15, 0.2) is 0 Å². The van der Waals surface area contributed by atoms with Gasteiger partial charge in [0.1, 0.15) is 0 Å². The third-order valence-electron chi connectivity index (χ3n) is 2.55. The third-order valence-corrected chi connectivity index (χ3v) is 2.55. The first-order valence-electron chi connectivity index (χ1n) is 4.76. The Labute approximate surface area is 79.9 Å². The van der Waals surface area contributed by atoms with Gasteiger partial charge >= 0.3 is 0 Å². The van der Waals surface area contributed by atoms with Gasteiger partial charge in [-0.2, -0.15) is 0 Å². The van der Waals surface area contributed by atoms with Crippen molar-refractivity contribution in [3.05, 3.63) is 29.8 Å². The third kappa shape index (κ3) is 2.46. The number of nitrogen functional groups attached to an aromatic ring is 1. The highest BCUT2D eigenvalue weighted by atomic mass is 14.6. The molecule has 0 spiro atoms. The monoisotopic (exact) mass is 178 g/mol. The first-order chi connectivity index (χ1) is 6.15. The maximum absolute atomic E-state index is 6.06. The largest absolute Gasteiger partial charge is 0.399 e. The Morgan fingerprint density at radius 3 is 2.62 bits per heavy atom. The summed E-state index contributed by atoms with van der Waals surface area (Å²) >= 11 is 0. The predicted molar refractivity (Wildman–Crippen MR) is 57.2 cm³/mol. The van der Waals surface area contributed by atoms with Gasteiger partial charge in [0.2, 0.25) is 0 Å². The number of hydrogen-bond acceptors (Lipinski definition) is 2. The van der Waals surface area contributed by atoms with Crippen LogP contribution in [0.5, 0.6) is 0 Å². The zero-order valence-corrected chi connectivity index (χ0v) is 8.33. The highest BCUT2D eigenvalue weighted by molar-refractivity contribution is 5.41. The summed E-state index contributed by atoms with van der Waals surface area (Å²) in [5, 5.41) is 0. The van der Waals surface area contributed by atoms with Gasteiger partial charge in [0.25, 0.3) is 0 Å². The molecule has 0 aliphatic heterocycles. The van der Waals surface area contributed by atoms with Crippen LogP contribution in [0.25, 0.3) is 0 Å². The fourth-order valence-corrected chi connectivity index (χ4v) is 1.35. The lowest BCUT2D eigenvalue weighted by atomic mass is 9.93. The first-order valence-corrected chi connectivity index (χ1v) is 4.76. The van der Waals surface area contributed by atoms with E-state index >= 15 is 0 Å². The molecule has 1 aromatic carbocycles. The Kier molecular flexibility index (Phi) is 3.32. The zero-order chi connectivity index (χ0) is 9.84. The van der Waals surface area contributed by atoms with Crippen molar-refractivity contribution in [2.75, 3.05) is 5.73 Å². The number of benzene rings is 1. The summed E-state index contributed by atoms with van der Waals surface area (Å²) in [6.07, 6.45) is 1.09. The van der Waals surface area contributed by atoms with Crippen LogP contribution in [0.4, 0.5) is 5.69 Å². The molecular weight excluding hydrogens is 160 g/mol. The molecule has 1 rings (SSSR count). The molecule has 13 heavy (non-hydrogen) atoms. The van der Waals surface area contributed by atoms with Crippen molar-refractivity contribution in [2.24, 2.45) is 11.7 Å². The van der Waals surface area contributed by atoms with Crippen molar-refractivity contribution in [3.8, 4) is 0 Å². The molecule has 0 saturated heterocycles. The Morgan fingerprint density at radius 1 is 1.38 bits per heavy atom. The van der Waals surface area contributed by atoms with E-state index in [1.807, 2.05) is 24.3 Å². The molecule has 2 atom stereocenters. The molecule has 0 heterocycles. The SMILES string of the molecule is CCC(C)C(N)c1cccc(N)c1. The van der Waals surface area contributed by atoms with E-state index in [0.717, 1.165) is 17.7 Å². The summed E-state index contributed by atoms with van der Waals surface area (Å²) in [6, 6.07) is 7.93. The maximum Gasteiger partial charge on any atom is 0.0321 e. The number of nitrogens with two attached hydrogens (primary N) is 2. The number of hydrogen-bond donors (Lipinski definition) is 2. The first kappa shape index (κ1) is 10.1. The van der Waals surface area contributed by atoms with E-state index in [9.17, 15) is 0 Å². The Hall–Kier alpha value is -1.02. The molecule has 0 fully saturated rings. The normalized spacial score (nSPS) is 15.3. The molecule has 0 radical (unpaired) electrons. The molecule has 72 valence electrons. The van der Waals surface area contributed by atoms with Gasteiger partial charge in [-0.1, -0.05) is 32.4 Å². The van der Waals surface area contributed by atoms with Gasteiger partial charge in [-0.05, 0) is 23.6 Å². The minimum absolute atomic E-state index is 0.105. The summed E-state index contributed by atoms with van der Waals surface area (Å²) in [6.45, 7) is 4.31. The topological polar surface area (TPSA) is 52.0 Å². The standard InChI is InChI=1S/C11H18N2/c1-3-8(2)11(13)9-5-4-6-10(12)7-9/h4-8,11H,3,12-13H2,1-2H3. The Bertz CT molecular complexity index is 271. The summed E-state index contributed by atoms with van der Waals surface area (Å²) in [5.41, 5.74) is 13.7. The molecule has 1 aromatic rings. The second kappa shape index (κ2) is 4.28. The summed E-state index contributed by atoms with van der Waals surface area (Å²) in [4.78, 5) is 0. The zero-order valence-electron chi connectivity index (χ0n) is 8.33. The van der Waals surface area contributed by atoms with Crippen molar-refractivity contribution in [2.45, 2.75) is 26.3 Å². The van der Waals surface area contributed by atoms with E-state index in [2.05, 4.69) is 13.8 Å². The van der Waals surface area contributed by atoms with Gasteiger partial charge in [0.05, 0.1) is 0 Å². The molecule has 0 amide bonds. The Morgan fingerprint density at radius 2 is 2.08 bits per heavy atom. The van der Waals surface area contributed by atoms with Gasteiger partial charge in [0, 0.05) is 11.7 Å². The fourth-order valence-electron chi connectivity index (χ4n) is 1.35. The number of rotatable bonds is 3. The van der Waals surface area contributed by atoms with Gasteiger partial charge in [-0.3, -0.25) is 0 Å². The van der Waals surface area contributed by atoms with Crippen LogP contribution in [-0.4, -0.2) is 0 Å². The highest BCUT2D eigenvalue weighted by Crippen LogP contribution is 2.22. The molecule has 0 aliphatic carbocycles. The second-order valence-electron chi connectivity index (χ2n) is 3.58. The minimum atomic E-state index is 0.105. The molecule has 0 aliphatic rings. The van der Waals surface area contributed by atoms with Crippen molar-refractivity contribution < 1.29 is 0 Å². The van der Waals surface area contributed by atoms with Crippen LogP contribution in [0, 0.1) is 5.92 Å². The van der Waals surface area contributed by atoms with E-state index in [4.69, 9.17) is 11.5 Å². The summed E-state index contributed by atoms with van der Waals surface area (Å²) in [7, 11) is 0. The van der Waals surface area contributed by atoms with Gasteiger partial charge in [-0.15, -0.1) is 0 Å². The van der Waals surface area contributed by atoms with Crippen LogP contribution < -0.4 is 11.5 Å². The molecular formula is C11H18N2. The van der Waals surface area contributed by atoms with Gasteiger partial charge in [-0.25, -0.2) is 0 Å². The second-order valence-corrected chi connectivity index (χ2v) is 3.58. The van der Waals surface area contributed by atoms with Crippen LogP contribution >= 0.6 is 0 Å². The molecule has 4 N–H and O–H groups in total. The van der Waals surface area contributed by atoms with Crippen LogP contribution in [0.15, 0.2) is 24.3 Å². The average molecular weight is 178 g/mol. The van der Waals surface area contributed by atoms with Crippen molar-refractivity contribution in [1.82, 2.24) is 0 Å². The van der Waals surface area contributed by atoms with E-state index in [1.165, 1.54) is 0 Å². The molecule has 0 bridgehead atoms. The van der Waals surface area contributed by atoms with E-state index in [1.54, 1.807) is 0 Å². The van der Waals surface area contributed by atoms with Crippen LogP contribution in [0.1, 0.15) is 31.9 Å². The van der Waals surface area contributed by atoms with E-state index in [0.29, 0.717) is 5.92 Å². The maximum atomic E-state index is 6.06. The fraction of sp³-hybridized carbons (Fsp3) is 0.455. The molecule has 2 heteroatoms. The molecule has 0 aromatic heterocycles. The highest BCUT2D eigenvalue weighted by Gasteiger charge is 2.12. The quantitative estimate of drug-likeness (QED) is 0.698. The van der Waals surface area contributed by atoms with Crippen molar-refractivity contribution >= 4 is 5.69 Å². The molecule has 2 nitrogen and oxygen atoms in total. The number of anilines is 1. The molecule has 0 saturated carbocycles. The lowest BCUT2D eigenvalue weighted by molar-refractivity contribution is 0.457. The van der Waals surface area contributed by atoms with Crippen LogP contribution in [0.3, 0.4) is 0 Å². The van der Waals surface area contributed by atoms with Crippen molar-refractivity contribution in [1.29, 1.82) is 0 Å². The average Bonchev–Trinajstić information content (AvgIpc) is 2.15. The Balaban J connectivity index is 2.82. The van der Waals surface area contributed by atoms with E-state index < -0.39 is 0 Å². The lowest BCUT2D eigenvalue weighted by Gasteiger charge is -2.18. The minimum Gasteiger partial charge on any atom is -0.399 e. The summed E-state index contributed by atoms with van der Waals surface area (Å²) < 4.78 is 0. The van der Waals surface area contributed by atoms with Crippen LogP contribution in [0.2, 0.25) is 0 Å². The smallest absolute Gasteiger partial charge is 0.0321 e. The van der Waals surface area contributed by atoms with Crippen LogP contribution in [-0.2, 0) is 0 Å². The lowest BCUT2D eigenvalue weighted by Crippen LogP contribution is -2.18. The van der Waals surface area contributed by atoms with Crippen molar-refractivity contribution in [3.63, 3.8) is 0 Å².